The van der Waals surface area contributed by atoms with Crippen LogP contribution in [0.15, 0.2) is 24.3 Å². The zero-order valence-corrected chi connectivity index (χ0v) is 19.3. The van der Waals surface area contributed by atoms with Gasteiger partial charge in [-0.2, -0.15) is 0 Å². The Labute approximate surface area is 191 Å². The molecule has 2 aliphatic carbocycles. The second-order valence-corrected chi connectivity index (χ2v) is 10.1. The second kappa shape index (κ2) is 9.24. The fourth-order valence-electron chi connectivity index (χ4n) is 6.14. The second-order valence-electron chi connectivity index (χ2n) is 10.1. The first-order chi connectivity index (χ1) is 15.6. The third-order valence-electron chi connectivity index (χ3n) is 8.03. The van der Waals surface area contributed by atoms with Gasteiger partial charge in [0.2, 0.25) is 11.8 Å². The van der Waals surface area contributed by atoms with Gasteiger partial charge in [0, 0.05) is 38.0 Å². The minimum atomic E-state index is 0.0598. The molecule has 3 fully saturated rings. The van der Waals surface area contributed by atoms with E-state index in [1.54, 1.807) is 0 Å². The van der Waals surface area contributed by atoms with Gasteiger partial charge >= 0.3 is 0 Å². The van der Waals surface area contributed by atoms with Crippen LogP contribution in [0.2, 0.25) is 0 Å². The molecule has 1 aromatic heterocycles. The van der Waals surface area contributed by atoms with Gasteiger partial charge in [0.1, 0.15) is 12.4 Å². The van der Waals surface area contributed by atoms with Crippen molar-refractivity contribution in [1.29, 1.82) is 0 Å². The monoisotopic (exact) mass is 436 g/mol. The van der Waals surface area contributed by atoms with Gasteiger partial charge in [-0.1, -0.05) is 50.7 Å². The Balaban J connectivity index is 1.39. The summed E-state index contributed by atoms with van der Waals surface area (Å²) in [5, 5.41) is 0. The lowest BCUT2D eigenvalue weighted by atomic mass is 9.94. The van der Waals surface area contributed by atoms with E-state index in [2.05, 4.69) is 15.5 Å². The Morgan fingerprint density at radius 3 is 2.47 bits per heavy atom. The van der Waals surface area contributed by atoms with Gasteiger partial charge in [-0.25, -0.2) is 4.98 Å². The van der Waals surface area contributed by atoms with Gasteiger partial charge in [0.05, 0.1) is 11.0 Å². The maximum atomic E-state index is 13.3. The summed E-state index contributed by atoms with van der Waals surface area (Å²) in [7, 11) is 1.96. The highest BCUT2D eigenvalue weighted by Crippen LogP contribution is 2.34. The summed E-state index contributed by atoms with van der Waals surface area (Å²) in [5.41, 5.74) is 1.91. The summed E-state index contributed by atoms with van der Waals surface area (Å²) < 4.78 is 2.10. The van der Waals surface area contributed by atoms with E-state index in [1.807, 2.05) is 30.1 Å². The molecule has 5 rings (SSSR count). The molecule has 0 N–H and O–H groups in total. The Morgan fingerprint density at radius 1 is 1.03 bits per heavy atom. The fourth-order valence-corrected chi connectivity index (χ4v) is 6.14. The summed E-state index contributed by atoms with van der Waals surface area (Å²) in [4.78, 5) is 35.3. The number of carbonyl (C=O) groups excluding carboxylic acids is 2. The van der Waals surface area contributed by atoms with E-state index in [1.165, 1.54) is 38.5 Å². The quantitative estimate of drug-likeness (QED) is 0.695. The van der Waals surface area contributed by atoms with Crippen molar-refractivity contribution >= 4 is 22.8 Å². The molecular formula is C26H36N4O2. The number of likely N-dealkylation sites (N-methyl/N-ethyl adjacent to an activating group) is 1. The number of hydrogen-bond acceptors (Lipinski definition) is 3. The Kier molecular flexibility index (Phi) is 6.20. The van der Waals surface area contributed by atoms with Crippen LogP contribution in [0.25, 0.3) is 11.0 Å². The Morgan fingerprint density at radius 2 is 1.72 bits per heavy atom. The highest BCUT2D eigenvalue weighted by atomic mass is 16.2. The minimum absolute atomic E-state index is 0.0598. The van der Waals surface area contributed by atoms with Gasteiger partial charge in [-0.15, -0.1) is 0 Å². The number of imidazole rings is 1. The number of hydrogen-bond donors (Lipinski definition) is 0. The molecule has 32 heavy (non-hydrogen) atoms. The van der Waals surface area contributed by atoms with E-state index in [-0.39, 0.29) is 17.7 Å². The number of likely N-dealkylation sites (tertiary alicyclic amines) is 1. The Hall–Kier alpha value is -2.37. The van der Waals surface area contributed by atoms with Crippen molar-refractivity contribution in [2.75, 3.05) is 13.6 Å². The van der Waals surface area contributed by atoms with E-state index in [4.69, 9.17) is 4.98 Å². The maximum Gasteiger partial charge on any atom is 0.242 e. The SMILES string of the molecule is CN(C(=O)Cn1c(C2CC(=O)N(C3CCCCC3)C2)nc2ccccc21)C1CCCCC1. The summed E-state index contributed by atoms with van der Waals surface area (Å²) in [5.74, 6) is 1.37. The largest absolute Gasteiger partial charge is 0.341 e. The van der Waals surface area contributed by atoms with Crippen LogP contribution in [-0.4, -0.2) is 56.8 Å². The van der Waals surface area contributed by atoms with Crippen LogP contribution in [0.4, 0.5) is 0 Å². The number of fused-ring (bicyclic) bond motifs is 1. The van der Waals surface area contributed by atoms with Crippen LogP contribution < -0.4 is 0 Å². The van der Waals surface area contributed by atoms with Gasteiger partial charge in [-0.3, -0.25) is 9.59 Å². The first kappa shape index (κ1) is 21.5. The number of para-hydroxylation sites is 2. The molecule has 3 aliphatic rings. The predicted molar refractivity (Wildman–Crippen MR) is 125 cm³/mol. The van der Waals surface area contributed by atoms with Crippen LogP contribution in [0.1, 0.15) is 82.4 Å². The van der Waals surface area contributed by atoms with Crippen molar-refractivity contribution in [2.45, 2.75) is 95.2 Å². The summed E-state index contributed by atoms with van der Waals surface area (Å²) in [6, 6.07) is 8.80. The number of aromatic nitrogens is 2. The molecule has 2 saturated carbocycles. The van der Waals surface area contributed by atoms with Crippen molar-refractivity contribution in [2.24, 2.45) is 0 Å². The number of rotatable bonds is 5. The highest BCUT2D eigenvalue weighted by Gasteiger charge is 2.38. The topological polar surface area (TPSA) is 58.4 Å². The van der Waals surface area contributed by atoms with Crippen LogP contribution in [0.5, 0.6) is 0 Å². The molecule has 0 bridgehead atoms. The minimum Gasteiger partial charge on any atom is -0.341 e. The molecule has 1 aromatic carbocycles. The maximum absolute atomic E-state index is 13.3. The van der Waals surface area contributed by atoms with E-state index in [0.29, 0.717) is 25.0 Å². The molecule has 172 valence electrons. The van der Waals surface area contributed by atoms with Crippen molar-refractivity contribution in [3.63, 3.8) is 0 Å². The first-order valence-corrected chi connectivity index (χ1v) is 12.6. The number of amides is 2. The lowest BCUT2D eigenvalue weighted by Crippen LogP contribution is -2.40. The molecule has 6 nitrogen and oxygen atoms in total. The lowest BCUT2D eigenvalue weighted by Gasteiger charge is -2.32. The number of nitrogens with zero attached hydrogens (tertiary/aromatic N) is 4. The molecular weight excluding hydrogens is 400 g/mol. The lowest BCUT2D eigenvalue weighted by molar-refractivity contribution is -0.133. The van der Waals surface area contributed by atoms with Gasteiger partial charge in [0.15, 0.2) is 0 Å². The molecule has 1 saturated heterocycles. The van der Waals surface area contributed by atoms with E-state index >= 15 is 0 Å². The molecule has 1 aliphatic heterocycles. The summed E-state index contributed by atoms with van der Waals surface area (Å²) in [6.45, 7) is 1.04. The first-order valence-electron chi connectivity index (χ1n) is 12.6. The normalized spacial score (nSPS) is 23.2. The van der Waals surface area contributed by atoms with Crippen molar-refractivity contribution in [1.82, 2.24) is 19.4 Å². The van der Waals surface area contributed by atoms with Crippen LogP contribution in [0, 0.1) is 0 Å². The summed E-state index contributed by atoms with van der Waals surface area (Å²) >= 11 is 0. The van der Waals surface area contributed by atoms with E-state index in [9.17, 15) is 9.59 Å². The number of benzene rings is 1. The average Bonchev–Trinajstić information content (AvgIpc) is 3.40. The smallest absolute Gasteiger partial charge is 0.242 e. The predicted octanol–water partition coefficient (Wildman–Crippen LogP) is 4.48. The molecule has 2 amide bonds. The van der Waals surface area contributed by atoms with Crippen molar-refractivity contribution < 1.29 is 9.59 Å². The van der Waals surface area contributed by atoms with Gasteiger partial charge in [-0.05, 0) is 37.8 Å². The van der Waals surface area contributed by atoms with Gasteiger partial charge < -0.3 is 14.4 Å². The molecule has 1 unspecified atom stereocenters. The van der Waals surface area contributed by atoms with Crippen LogP contribution in [-0.2, 0) is 16.1 Å². The van der Waals surface area contributed by atoms with E-state index < -0.39 is 0 Å². The van der Waals surface area contributed by atoms with E-state index in [0.717, 1.165) is 49.1 Å². The highest BCUT2D eigenvalue weighted by molar-refractivity contribution is 5.83. The van der Waals surface area contributed by atoms with Crippen molar-refractivity contribution in [3.8, 4) is 0 Å². The molecule has 1 atom stereocenters. The molecule has 2 heterocycles. The molecule has 0 radical (unpaired) electrons. The van der Waals surface area contributed by atoms with Gasteiger partial charge in [0.25, 0.3) is 0 Å². The molecule has 0 spiro atoms. The summed E-state index contributed by atoms with van der Waals surface area (Å²) in [6.07, 6.45) is 12.4. The number of carbonyl (C=O) groups is 2. The zero-order valence-electron chi connectivity index (χ0n) is 19.3. The Bertz CT molecular complexity index is 971. The zero-order chi connectivity index (χ0) is 22.1. The van der Waals surface area contributed by atoms with Crippen molar-refractivity contribution in [3.05, 3.63) is 30.1 Å². The third-order valence-corrected chi connectivity index (χ3v) is 8.03. The molecule has 2 aromatic rings. The van der Waals surface area contributed by atoms with Crippen LogP contribution in [0.3, 0.4) is 0 Å². The molecule has 6 heteroatoms. The van der Waals surface area contributed by atoms with Crippen LogP contribution >= 0.6 is 0 Å². The standard InChI is InChI=1S/C26H36N4O2/c1-28(20-10-4-2-5-11-20)25(32)18-30-23-15-9-8-14-22(23)27-26(30)19-16-24(31)29(17-19)21-12-6-3-7-13-21/h8-9,14-15,19-21H,2-7,10-13,16-18H2,1H3. The average molecular weight is 437 g/mol. The third kappa shape index (κ3) is 4.16. The fraction of sp³-hybridized carbons (Fsp3) is 0.654.